The lowest BCUT2D eigenvalue weighted by Gasteiger charge is -2.20. The Hall–Kier alpha value is -1.89. The predicted octanol–water partition coefficient (Wildman–Crippen LogP) is 6.56. The van der Waals surface area contributed by atoms with Crippen molar-refractivity contribution in [3.05, 3.63) is 50.2 Å². The summed E-state index contributed by atoms with van der Waals surface area (Å²) in [4.78, 5) is 27.4. The van der Waals surface area contributed by atoms with Crippen molar-refractivity contribution in [1.29, 1.82) is 0 Å². The van der Waals surface area contributed by atoms with Gasteiger partial charge in [0.2, 0.25) is 0 Å². The molecule has 0 spiro atoms. The number of nitrogens with one attached hydrogen (secondary N) is 1. The summed E-state index contributed by atoms with van der Waals surface area (Å²) in [6.07, 6.45) is 3.97. The van der Waals surface area contributed by atoms with Gasteiger partial charge in [-0.3, -0.25) is 4.79 Å². The molecule has 1 aliphatic carbocycles. The van der Waals surface area contributed by atoms with Crippen LogP contribution in [0.3, 0.4) is 0 Å². The Kier molecular flexibility index (Phi) is 5.95. The van der Waals surface area contributed by atoms with Gasteiger partial charge >= 0.3 is 5.97 Å². The highest BCUT2D eigenvalue weighted by atomic mass is 35.5. The molecule has 1 unspecified atom stereocenters. The van der Waals surface area contributed by atoms with Crippen LogP contribution in [0.25, 0.3) is 10.1 Å². The molecule has 4 nitrogen and oxygen atoms in total. The number of carbonyl (C=O) groups excluding carboxylic acids is 2. The van der Waals surface area contributed by atoms with Gasteiger partial charge in [-0.2, -0.15) is 0 Å². The van der Waals surface area contributed by atoms with Gasteiger partial charge in [-0.15, -0.1) is 22.7 Å². The quantitative estimate of drug-likeness (QED) is 0.450. The number of thiophene rings is 2. The van der Waals surface area contributed by atoms with Crippen molar-refractivity contribution in [3.8, 4) is 0 Å². The number of hydrogen-bond donors (Lipinski definition) is 1. The van der Waals surface area contributed by atoms with E-state index in [-0.39, 0.29) is 11.9 Å². The lowest BCUT2D eigenvalue weighted by molar-refractivity contribution is 0.0526. The molecule has 0 saturated heterocycles. The second-order valence-electron chi connectivity index (χ2n) is 7.14. The van der Waals surface area contributed by atoms with Crippen molar-refractivity contribution >= 4 is 61.2 Å². The van der Waals surface area contributed by atoms with E-state index in [1.54, 1.807) is 6.92 Å². The molecular weight excluding hydrogens is 426 g/mol. The number of carbonyl (C=O) groups is 2. The predicted molar refractivity (Wildman–Crippen MR) is 121 cm³/mol. The summed E-state index contributed by atoms with van der Waals surface area (Å²) >= 11 is 9.33. The van der Waals surface area contributed by atoms with Crippen molar-refractivity contribution in [2.45, 2.75) is 39.5 Å². The second kappa shape index (κ2) is 8.46. The second-order valence-corrected chi connectivity index (χ2v) is 9.68. The maximum Gasteiger partial charge on any atom is 0.341 e. The third-order valence-corrected chi connectivity index (χ3v) is 8.24. The minimum atomic E-state index is -0.363. The maximum absolute atomic E-state index is 13.0. The molecule has 4 rings (SSSR count). The van der Waals surface area contributed by atoms with Gasteiger partial charge in [0.25, 0.3) is 5.91 Å². The topological polar surface area (TPSA) is 55.4 Å². The lowest BCUT2D eigenvalue weighted by atomic mass is 9.85. The molecule has 0 radical (unpaired) electrons. The number of amides is 1. The fourth-order valence-corrected chi connectivity index (χ4v) is 6.59. The summed E-state index contributed by atoms with van der Waals surface area (Å²) < 4.78 is 6.26. The largest absolute Gasteiger partial charge is 0.462 e. The molecule has 152 valence electrons. The number of rotatable bonds is 5. The van der Waals surface area contributed by atoms with Crippen molar-refractivity contribution in [2.24, 2.45) is 5.92 Å². The van der Waals surface area contributed by atoms with Crippen LogP contribution in [0.15, 0.2) is 24.3 Å². The van der Waals surface area contributed by atoms with E-state index in [0.29, 0.717) is 33.0 Å². The fraction of sp³-hybridized carbons (Fsp3) is 0.364. The highest BCUT2D eigenvalue weighted by Crippen LogP contribution is 2.42. The molecule has 1 amide bonds. The molecule has 2 heterocycles. The fourth-order valence-electron chi connectivity index (χ4n) is 3.83. The Morgan fingerprint density at radius 1 is 1.24 bits per heavy atom. The normalized spacial score (nSPS) is 15.9. The lowest BCUT2D eigenvalue weighted by Crippen LogP contribution is -2.17. The average Bonchev–Trinajstić information content (AvgIpc) is 3.25. The minimum Gasteiger partial charge on any atom is -0.462 e. The van der Waals surface area contributed by atoms with Crippen LogP contribution in [0.4, 0.5) is 5.00 Å². The number of benzene rings is 1. The Morgan fingerprint density at radius 2 is 2.03 bits per heavy atom. The van der Waals surface area contributed by atoms with Crippen LogP contribution in [0.1, 0.15) is 57.2 Å². The van der Waals surface area contributed by atoms with E-state index in [0.717, 1.165) is 41.3 Å². The molecule has 29 heavy (non-hydrogen) atoms. The first-order valence-electron chi connectivity index (χ1n) is 9.83. The number of fused-ring (bicyclic) bond motifs is 2. The summed E-state index contributed by atoms with van der Waals surface area (Å²) in [6, 6.07) is 7.68. The monoisotopic (exact) mass is 447 g/mol. The Morgan fingerprint density at radius 3 is 2.76 bits per heavy atom. The summed E-state index contributed by atoms with van der Waals surface area (Å²) in [6.45, 7) is 4.29. The Labute approximate surface area is 182 Å². The number of ether oxygens (including phenoxy) is 1. The molecule has 1 aliphatic rings. The molecule has 0 fully saturated rings. The van der Waals surface area contributed by atoms with E-state index in [9.17, 15) is 9.59 Å². The summed E-state index contributed by atoms with van der Waals surface area (Å²) in [5, 5.41) is 4.85. The van der Waals surface area contributed by atoms with Gasteiger partial charge < -0.3 is 10.1 Å². The van der Waals surface area contributed by atoms with E-state index in [4.69, 9.17) is 16.3 Å². The summed E-state index contributed by atoms with van der Waals surface area (Å²) in [5.74, 6) is -0.0261. The van der Waals surface area contributed by atoms with Crippen LogP contribution >= 0.6 is 34.3 Å². The minimum absolute atomic E-state index is 0.285. The molecule has 3 aromatic rings. The third kappa shape index (κ3) is 3.81. The zero-order valence-corrected chi connectivity index (χ0v) is 18.7. The zero-order chi connectivity index (χ0) is 20.5. The highest BCUT2D eigenvalue weighted by molar-refractivity contribution is 7.22. The molecule has 1 N–H and O–H groups in total. The Bertz CT molecular complexity index is 1090. The van der Waals surface area contributed by atoms with Gasteiger partial charge in [0, 0.05) is 15.0 Å². The molecule has 7 heteroatoms. The summed E-state index contributed by atoms with van der Waals surface area (Å²) in [7, 11) is 0. The molecule has 0 saturated carbocycles. The van der Waals surface area contributed by atoms with Crippen LogP contribution in [-0.2, 0) is 17.6 Å². The van der Waals surface area contributed by atoms with Crippen molar-refractivity contribution < 1.29 is 14.3 Å². The van der Waals surface area contributed by atoms with Crippen molar-refractivity contribution in [1.82, 2.24) is 0 Å². The Balaban J connectivity index is 1.70. The van der Waals surface area contributed by atoms with Gasteiger partial charge in [-0.1, -0.05) is 43.1 Å². The van der Waals surface area contributed by atoms with Crippen LogP contribution < -0.4 is 5.32 Å². The van der Waals surface area contributed by atoms with Crippen LogP contribution in [0.5, 0.6) is 0 Å². The zero-order valence-electron chi connectivity index (χ0n) is 16.3. The van der Waals surface area contributed by atoms with E-state index in [2.05, 4.69) is 12.2 Å². The molecule has 0 aliphatic heterocycles. The number of hydrogen-bond acceptors (Lipinski definition) is 5. The smallest absolute Gasteiger partial charge is 0.341 e. The number of esters is 1. The van der Waals surface area contributed by atoms with Crippen molar-refractivity contribution in [2.75, 3.05) is 11.9 Å². The molecular formula is C22H22ClNO3S2. The van der Waals surface area contributed by atoms with E-state index < -0.39 is 0 Å². The van der Waals surface area contributed by atoms with Crippen LogP contribution in [0, 0.1) is 5.92 Å². The van der Waals surface area contributed by atoms with Gasteiger partial charge in [-0.05, 0) is 43.7 Å². The van der Waals surface area contributed by atoms with Gasteiger partial charge in [0.15, 0.2) is 0 Å². The molecule has 1 aromatic carbocycles. The molecule has 2 aromatic heterocycles. The maximum atomic E-state index is 13.0. The number of anilines is 1. The van der Waals surface area contributed by atoms with Gasteiger partial charge in [0.1, 0.15) is 9.88 Å². The number of halogens is 1. The standard InChI is InChI=1S/C22H22ClNO3S2/c1-3-12-9-10-13-16(11-12)29-21(17(13)22(26)27-4-2)24-20(25)19-18(23)14-7-5-6-8-15(14)28-19/h5-8,12H,3-4,9-11H2,1-2H3,(H,24,25). The van der Waals surface area contributed by atoms with Crippen LogP contribution in [0.2, 0.25) is 5.02 Å². The first kappa shape index (κ1) is 20.4. The SMILES string of the molecule is CCOC(=O)c1c(NC(=O)c2sc3ccccc3c2Cl)sc2c1CCC(CC)C2. The van der Waals surface area contributed by atoms with E-state index in [1.165, 1.54) is 27.6 Å². The van der Waals surface area contributed by atoms with E-state index >= 15 is 0 Å². The van der Waals surface area contributed by atoms with Gasteiger partial charge in [-0.25, -0.2) is 4.79 Å². The third-order valence-electron chi connectivity index (χ3n) is 5.39. The van der Waals surface area contributed by atoms with Gasteiger partial charge in [0.05, 0.1) is 17.2 Å². The first-order chi connectivity index (χ1) is 14.0. The molecule has 1 atom stereocenters. The average molecular weight is 448 g/mol. The summed E-state index contributed by atoms with van der Waals surface area (Å²) in [5.41, 5.74) is 1.56. The highest BCUT2D eigenvalue weighted by Gasteiger charge is 2.30. The van der Waals surface area contributed by atoms with Crippen LogP contribution in [-0.4, -0.2) is 18.5 Å². The first-order valence-corrected chi connectivity index (χ1v) is 11.8. The molecule has 0 bridgehead atoms. The van der Waals surface area contributed by atoms with Crippen molar-refractivity contribution in [3.63, 3.8) is 0 Å². The van der Waals surface area contributed by atoms with E-state index in [1.807, 2.05) is 24.3 Å².